The fraction of sp³-hybridized carbons (Fsp3) is 0.429. The average Bonchev–Trinajstić information content (AvgIpc) is 3.22. The van der Waals surface area contributed by atoms with Crippen LogP contribution >= 0.6 is 11.3 Å². The van der Waals surface area contributed by atoms with Crippen molar-refractivity contribution in [2.45, 2.75) is 41.8 Å². The number of alkyl halides is 1. The van der Waals surface area contributed by atoms with Crippen molar-refractivity contribution in [1.82, 2.24) is 25.4 Å². The Balaban J connectivity index is 1.41. The molecule has 36 heavy (non-hydrogen) atoms. The Kier molecular flexibility index (Phi) is 7.62. The summed E-state index contributed by atoms with van der Waals surface area (Å²) < 4.78 is 15.0. The first kappa shape index (κ1) is 26.8. The second-order valence-corrected chi connectivity index (χ2v) is 10.3. The number of rotatable bonds is 6. The number of halogens is 1. The normalized spacial score (nSPS) is 19.0. The van der Waals surface area contributed by atoms with E-state index in [1.807, 2.05) is 25.1 Å². The van der Waals surface area contributed by atoms with E-state index in [4.69, 9.17) is 47.1 Å². The number of urea groups is 1. The summed E-state index contributed by atoms with van der Waals surface area (Å²) in [5, 5.41) is 13.5. The molecule has 4 rings (SSSR count). The van der Waals surface area contributed by atoms with Crippen LogP contribution in [0.1, 0.15) is 11.4 Å². The Bertz CT molecular complexity index is 1240. The molecule has 0 aliphatic carbocycles. The zero-order chi connectivity index (χ0) is 26.3. The Morgan fingerprint density at radius 2 is 1.86 bits per heavy atom. The molecule has 2 amide bonds. The molecule has 3 heterocycles. The van der Waals surface area contributed by atoms with E-state index >= 15 is 0 Å². The molecule has 1 aliphatic rings. The van der Waals surface area contributed by atoms with Gasteiger partial charge in [0, 0.05) is 29.7 Å². The number of aromatic nitrogens is 3. The number of piperidine rings is 1. The summed E-state index contributed by atoms with van der Waals surface area (Å²) in [6.07, 6.45) is 0.415. The molecule has 15 heteroatoms. The largest absolute Gasteiger partial charge is 0.323 e. The summed E-state index contributed by atoms with van der Waals surface area (Å²) in [4.78, 5) is 18.5. The summed E-state index contributed by atoms with van der Waals surface area (Å²) in [5.41, 5.74) is 0.914. The summed E-state index contributed by atoms with van der Waals surface area (Å²) in [5.74, 6) is 0.340. The minimum Gasteiger partial charge on any atom is -0.321 e. The van der Waals surface area contributed by atoms with E-state index in [9.17, 15) is 9.18 Å². The molecule has 3 aromatic rings. The summed E-state index contributed by atoms with van der Waals surface area (Å²) in [6.45, 7) is 1.94. The highest BCUT2D eigenvalue weighted by atomic mass is 32.1. The molecule has 0 saturated carbocycles. The lowest BCUT2D eigenvalue weighted by Gasteiger charge is -2.48. The van der Waals surface area contributed by atoms with Gasteiger partial charge >= 0.3 is 6.03 Å². The lowest BCUT2D eigenvalue weighted by molar-refractivity contribution is 0.116. The van der Waals surface area contributed by atoms with Gasteiger partial charge in [-0.05, 0) is 36.9 Å². The number of likely N-dealkylation sites (tertiary alicyclic amines) is 1. The number of amides is 2. The highest BCUT2D eigenvalue weighted by Crippen LogP contribution is 2.32. The molecule has 2 atom stereocenters. The third-order valence-corrected chi connectivity index (χ3v) is 6.83. The lowest BCUT2D eigenvalue weighted by Crippen LogP contribution is -2.60. The molecule has 0 bridgehead atoms. The van der Waals surface area contributed by atoms with Gasteiger partial charge in [0.2, 0.25) is 0 Å². The molecule has 1 aliphatic heterocycles. The van der Waals surface area contributed by atoms with Crippen LogP contribution in [0, 0.1) is 6.92 Å². The molecule has 1 fully saturated rings. The van der Waals surface area contributed by atoms with Gasteiger partial charge in [0.15, 0.2) is 0 Å². The van der Waals surface area contributed by atoms with Gasteiger partial charge in [-0.15, -0.1) is 20.4 Å². The standard InChI is InChI=1S/C21H19B6FN6OS/c1-10-32-33-17(36-10)11-2-3-12-8-29-16(7-13(12)6-11)31-19(35)34-5-4-15(14(28)9-34)30-18(20(22,23)24)21(25,26)27/h2-3,6-8,14-15,18,30H,4-5,9H2,1H3,(H,29,31,35)/t14-,15-/m0/s1. The van der Waals surface area contributed by atoms with Gasteiger partial charge in [0.25, 0.3) is 0 Å². The second kappa shape index (κ2) is 10.2. The van der Waals surface area contributed by atoms with Crippen molar-refractivity contribution in [3.05, 3.63) is 35.5 Å². The number of carbonyl (C=O) groups is 1. The van der Waals surface area contributed by atoms with Crippen molar-refractivity contribution in [1.29, 1.82) is 0 Å². The molecule has 12 radical (unpaired) electrons. The average molecular weight is 487 g/mol. The number of hydrogen-bond donors (Lipinski definition) is 2. The quantitative estimate of drug-likeness (QED) is 0.510. The van der Waals surface area contributed by atoms with Crippen LogP contribution < -0.4 is 10.6 Å². The smallest absolute Gasteiger partial charge is 0.321 e. The maximum Gasteiger partial charge on any atom is 0.323 e. The van der Waals surface area contributed by atoms with Gasteiger partial charge in [-0.2, -0.15) is 0 Å². The fourth-order valence-corrected chi connectivity index (χ4v) is 4.84. The van der Waals surface area contributed by atoms with Crippen molar-refractivity contribution in [2.75, 3.05) is 18.4 Å². The molecule has 7 nitrogen and oxygen atoms in total. The molecule has 2 N–H and O–H groups in total. The van der Waals surface area contributed by atoms with Gasteiger partial charge in [-0.3, -0.25) is 5.32 Å². The summed E-state index contributed by atoms with van der Waals surface area (Å²) in [6, 6.07) is 5.15. The van der Waals surface area contributed by atoms with E-state index in [2.05, 4.69) is 25.8 Å². The van der Waals surface area contributed by atoms with Gasteiger partial charge in [-0.1, -0.05) is 23.5 Å². The Hall–Kier alpha value is -2.26. The minimum atomic E-state index is -1.89. The summed E-state index contributed by atoms with van der Waals surface area (Å²) >= 11 is 1.49. The minimum absolute atomic E-state index is 0.191. The maximum atomic E-state index is 15.0. The zero-order valence-electron chi connectivity index (χ0n) is 19.7. The number of hydrogen-bond acceptors (Lipinski definition) is 6. The molecule has 0 spiro atoms. The highest BCUT2D eigenvalue weighted by molar-refractivity contribution is 7.14. The SMILES string of the molecule is [B]C([B])([B])C(N[C@H]1CCN(C(=O)Nc2cc3cc(-c4nnc(C)s4)ccc3cn2)C[C@@H]1F)C([B])([B])[B]. The van der Waals surface area contributed by atoms with Gasteiger partial charge < -0.3 is 10.2 Å². The topological polar surface area (TPSA) is 83.0 Å². The predicted molar refractivity (Wildman–Crippen MR) is 146 cm³/mol. The van der Waals surface area contributed by atoms with Crippen molar-refractivity contribution < 1.29 is 9.18 Å². The molecule has 1 saturated heterocycles. The number of benzene rings is 1. The van der Waals surface area contributed by atoms with Gasteiger partial charge in [0.05, 0.1) is 53.6 Å². The van der Waals surface area contributed by atoms with Crippen LogP contribution in [0.2, 0.25) is 10.2 Å². The van der Waals surface area contributed by atoms with Crippen LogP contribution in [0.25, 0.3) is 21.3 Å². The van der Waals surface area contributed by atoms with Crippen molar-refractivity contribution in [3.63, 3.8) is 0 Å². The van der Waals surface area contributed by atoms with Crippen molar-refractivity contribution >= 4 is 81.0 Å². The number of fused-ring (bicyclic) bond motifs is 1. The van der Waals surface area contributed by atoms with Crippen LogP contribution in [-0.4, -0.2) is 105 Å². The van der Waals surface area contributed by atoms with Crippen molar-refractivity contribution in [3.8, 4) is 10.6 Å². The van der Waals surface area contributed by atoms with Crippen LogP contribution in [-0.2, 0) is 0 Å². The third kappa shape index (κ3) is 6.17. The molecular weight excluding hydrogens is 468 g/mol. The van der Waals surface area contributed by atoms with E-state index in [-0.39, 0.29) is 19.5 Å². The van der Waals surface area contributed by atoms with Crippen LogP contribution in [0.5, 0.6) is 0 Å². The number of nitrogens with zero attached hydrogens (tertiary/aromatic N) is 4. The first-order valence-electron chi connectivity index (χ1n) is 11.2. The Labute approximate surface area is 221 Å². The molecule has 1 aromatic carbocycles. The fourth-order valence-electron chi connectivity index (χ4n) is 4.16. The second-order valence-electron chi connectivity index (χ2n) is 9.14. The number of anilines is 1. The maximum absolute atomic E-state index is 15.0. The number of aryl methyl sites for hydroxylation is 1. The molecule has 2 aromatic heterocycles. The number of carbonyl (C=O) groups excluding carboxylic acids is 1. The van der Waals surface area contributed by atoms with E-state index in [1.54, 1.807) is 12.3 Å². The Morgan fingerprint density at radius 3 is 2.47 bits per heavy atom. The van der Waals surface area contributed by atoms with E-state index in [1.165, 1.54) is 16.2 Å². The van der Waals surface area contributed by atoms with E-state index in [0.29, 0.717) is 5.82 Å². The first-order chi connectivity index (χ1) is 16.8. The highest BCUT2D eigenvalue weighted by Gasteiger charge is 2.38. The molecule has 170 valence electrons. The van der Waals surface area contributed by atoms with Crippen molar-refractivity contribution in [2.24, 2.45) is 0 Å². The molecular formula is C21H19B6FN6OS. The third-order valence-electron chi connectivity index (χ3n) is 5.94. The van der Waals surface area contributed by atoms with Crippen LogP contribution in [0.4, 0.5) is 15.0 Å². The van der Waals surface area contributed by atoms with Crippen LogP contribution in [0.3, 0.4) is 0 Å². The number of pyridine rings is 1. The number of nitrogens with one attached hydrogen (secondary N) is 2. The van der Waals surface area contributed by atoms with Gasteiger partial charge in [0.1, 0.15) is 22.0 Å². The van der Waals surface area contributed by atoms with E-state index in [0.717, 1.165) is 26.4 Å². The van der Waals surface area contributed by atoms with Crippen LogP contribution in [0.15, 0.2) is 30.5 Å². The Morgan fingerprint density at radius 1 is 1.14 bits per heavy atom. The zero-order valence-corrected chi connectivity index (χ0v) is 20.5. The first-order valence-corrected chi connectivity index (χ1v) is 12.0. The van der Waals surface area contributed by atoms with Gasteiger partial charge in [-0.25, -0.2) is 14.2 Å². The van der Waals surface area contributed by atoms with E-state index < -0.39 is 34.5 Å². The lowest BCUT2D eigenvalue weighted by atomic mass is 9.27. The summed E-state index contributed by atoms with van der Waals surface area (Å²) in [7, 11) is 34.3. The molecule has 0 unspecified atom stereocenters. The predicted octanol–water partition coefficient (Wildman–Crippen LogP) is 1.12. The monoisotopic (exact) mass is 488 g/mol.